The molecule has 1 saturated heterocycles. The van der Waals surface area contributed by atoms with Crippen molar-refractivity contribution in [1.29, 1.82) is 0 Å². The molecule has 5 heteroatoms. The topological polar surface area (TPSA) is 56.7 Å². The van der Waals surface area contributed by atoms with Gasteiger partial charge in [-0.3, -0.25) is 9.79 Å². The van der Waals surface area contributed by atoms with Gasteiger partial charge in [0, 0.05) is 32.1 Å². The number of hydrogen-bond acceptors (Lipinski definition) is 2. The molecule has 0 radical (unpaired) electrons. The molecule has 1 aliphatic carbocycles. The Bertz CT molecular complexity index is 429. The highest BCUT2D eigenvalue weighted by atomic mass is 16.1. The number of guanidine groups is 1. The molecular formula is C19H36N4O. The van der Waals surface area contributed by atoms with Crippen molar-refractivity contribution in [3.05, 3.63) is 0 Å². The van der Waals surface area contributed by atoms with E-state index < -0.39 is 0 Å². The van der Waals surface area contributed by atoms with Crippen molar-refractivity contribution < 1.29 is 4.79 Å². The lowest BCUT2D eigenvalue weighted by Gasteiger charge is -2.33. The third-order valence-electron chi connectivity index (χ3n) is 5.61. The highest BCUT2D eigenvalue weighted by Crippen LogP contribution is 2.43. The molecule has 0 aromatic heterocycles. The molecule has 1 atom stereocenters. The lowest BCUT2D eigenvalue weighted by molar-refractivity contribution is -0.121. The fourth-order valence-electron chi connectivity index (χ4n) is 3.96. The first-order valence-corrected chi connectivity index (χ1v) is 9.91. The molecule has 1 saturated carbocycles. The van der Waals surface area contributed by atoms with E-state index in [4.69, 9.17) is 4.99 Å². The third-order valence-corrected chi connectivity index (χ3v) is 5.61. The normalized spacial score (nSPS) is 21.8. The molecule has 0 aromatic rings. The number of carbonyl (C=O) groups excluding carboxylic acids is 1. The molecule has 0 aromatic carbocycles. The Hall–Kier alpha value is -1.26. The standard InChI is InChI=1S/C19H36N4O/c1-4-16(3)22-17(24)9-13-21-18(20-5-2)23-14-12-19(15-23)10-7-6-8-11-19/h16H,4-15H2,1-3H3,(H,20,21)(H,22,24). The fraction of sp³-hybridized carbons (Fsp3) is 0.895. The van der Waals surface area contributed by atoms with Gasteiger partial charge < -0.3 is 15.5 Å². The van der Waals surface area contributed by atoms with Crippen molar-refractivity contribution in [3.8, 4) is 0 Å². The molecule has 1 heterocycles. The minimum absolute atomic E-state index is 0.106. The second-order valence-electron chi connectivity index (χ2n) is 7.59. The van der Waals surface area contributed by atoms with Crippen LogP contribution in [-0.2, 0) is 4.79 Å². The van der Waals surface area contributed by atoms with E-state index in [9.17, 15) is 4.79 Å². The van der Waals surface area contributed by atoms with Gasteiger partial charge in [0.15, 0.2) is 5.96 Å². The van der Waals surface area contributed by atoms with Crippen molar-refractivity contribution in [2.75, 3.05) is 26.2 Å². The lowest BCUT2D eigenvalue weighted by atomic mass is 9.73. The molecule has 0 bridgehead atoms. The van der Waals surface area contributed by atoms with Gasteiger partial charge in [0.25, 0.3) is 0 Å². The van der Waals surface area contributed by atoms with Gasteiger partial charge in [-0.05, 0) is 44.9 Å². The molecule has 1 spiro atoms. The summed E-state index contributed by atoms with van der Waals surface area (Å²) in [6.45, 7) is 9.91. The first-order chi connectivity index (χ1) is 11.6. The van der Waals surface area contributed by atoms with Crippen LogP contribution in [0.5, 0.6) is 0 Å². The van der Waals surface area contributed by atoms with Gasteiger partial charge in [0.1, 0.15) is 0 Å². The zero-order valence-corrected chi connectivity index (χ0v) is 15.9. The summed E-state index contributed by atoms with van der Waals surface area (Å²) in [5, 5.41) is 6.43. The summed E-state index contributed by atoms with van der Waals surface area (Å²) in [5.74, 6) is 1.10. The zero-order valence-electron chi connectivity index (χ0n) is 15.9. The van der Waals surface area contributed by atoms with Crippen LogP contribution in [0.25, 0.3) is 0 Å². The Kier molecular flexibility index (Phi) is 7.38. The van der Waals surface area contributed by atoms with Gasteiger partial charge in [-0.2, -0.15) is 0 Å². The maximum atomic E-state index is 11.9. The highest BCUT2D eigenvalue weighted by Gasteiger charge is 2.39. The molecule has 1 unspecified atom stereocenters. The quantitative estimate of drug-likeness (QED) is 0.579. The summed E-state index contributed by atoms with van der Waals surface area (Å²) in [7, 11) is 0. The Morgan fingerprint density at radius 2 is 1.96 bits per heavy atom. The molecule has 2 fully saturated rings. The Labute approximate surface area is 147 Å². The zero-order chi connectivity index (χ0) is 17.4. The van der Waals surface area contributed by atoms with Crippen LogP contribution < -0.4 is 10.6 Å². The van der Waals surface area contributed by atoms with Crippen molar-refractivity contribution in [2.45, 2.75) is 78.2 Å². The summed E-state index contributed by atoms with van der Waals surface area (Å²) in [6, 6.07) is 0.249. The predicted octanol–water partition coefficient (Wildman–Crippen LogP) is 2.91. The molecule has 24 heavy (non-hydrogen) atoms. The number of likely N-dealkylation sites (tertiary alicyclic amines) is 1. The van der Waals surface area contributed by atoms with E-state index in [1.54, 1.807) is 0 Å². The summed E-state index contributed by atoms with van der Waals surface area (Å²) in [6.07, 6.45) is 9.66. The van der Waals surface area contributed by atoms with E-state index in [1.165, 1.54) is 38.5 Å². The van der Waals surface area contributed by atoms with Crippen LogP contribution >= 0.6 is 0 Å². The van der Waals surface area contributed by atoms with Crippen LogP contribution in [0.1, 0.15) is 72.1 Å². The molecule has 2 aliphatic rings. The van der Waals surface area contributed by atoms with E-state index in [0.29, 0.717) is 18.4 Å². The van der Waals surface area contributed by atoms with Gasteiger partial charge >= 0.3 is 0 Å². The van der Waals surface area contributed by atoms with Gasteiger partial charge in [-0.25, -0.2) is 0 Å². The maximum Gasteiger partial charge on any atom is 0.222 e. The van der Waals surface area contributed by atoms with Gasteiger partial charge in [0.05, 0.1) is 6.54 Å². The molecule has 1 aliphatic heterocycles. The van der Waals surface area contributed by atoms with E-state index in [0.717, 1.165) is 32.0 Å². The molecule has 1 amide bonds. The average Bonchev–Trinajstić information content (AvgIpc) is 2.98. The second-order valence-corrected chi connectivity index (χ2v) is 7.59. The number of nitrogens with zero attached hydrogens (tertiary/aromatic N) is 2. The second kappa shape index (κ2) is 9.28. The van der Waals surface area contributed by atoms with Crippen LogP contribution in [-0.4, -0.2) is 49.0 Å². The Morgan fingerprint density at radius 3 is 2.62 bits per heavy atom. The van der Waals surface area contributed by atoms with Crippen LogP contribution in [0.2, 0.25) is 0 Å². The van der Waals surface area contributed by atoms with Crippen LogP contribution in [0.15, 0.2) is 4.99 Å². The van der Waals surface area contributed by atoms with Gasteiger partial charge in [-0.15, -0.1) is 0 Å². The van der Waals surface area contributed by atoms with E-state index in [-0.39, 0.29) is 11.9 Å². The van der Waals surface area contributed by atoms with Gasteiger partial charge in [0.2, 0.25) is 5.91 Å². The first kappa shape index (κ1) is 19.1. The number of aliphatic imine (C=N–C) groups is 1. The van der Waals surface area contributed by atoms with Gasteiger partial charge in [-0.1, -0.05) is 26.2 Å². The maximum absolute atomic E-state index is 11.9. The number of hydrogen-bond donors (Lipinski definition) is 2. The van der Waals surface area contributed by atoms with Crippen molar-refractivity contribution in [2.24, 2.45) is 10.4 Å². The predicted molar refractivity (Wildman–Crippen MR) is 100 cm³/mol. The van der Waals surface area contributed by atoms with E-state index in [1.807, 2.05) is 6.92 Å². The van der Waals surface area contributed by atoms with Crippen molar-refractivity contribution >= 4 is 11.9 Å². The number of nitrogens with one attached hydrogen (secondary N) is 2. The minimum atomic E-state index is 0.106. The smallest absolute Gasteiger partial charge is 0.222 e. The fourth-order valence-corrected chi connectivity index (χ4v) is 3.96. The van der Waals surface area contributed by atoms with E-state index in [2.05, 4.69) is 29.4 Å². The molecule has 138 valence electrons. The molecular weight excluding hydrogens is 300 g/mol. The average molecular weight is 337 g/mol. The van der Waals surface area contributed by atoms with Crippen molar-refractivity contribution in [3.63, 3.8) is 0 Å². The Balaban J connectivity index is 1.85. The highest BCUT2D eigenvalue weighted by molar-refractivity contribution is 5.81. The van der Waals surface area contributed by atoms with Crippen LogP contribution in [0.3, 0.4) is 0 Å². The first-order valence-electron chi connectivity index (χ1n) is 9.91. The molecule has 2 N–H and O–H groups in total. The lowest BCUT2D eigenvalue weighted by Crippen LogP contribution is -2.42. The number of carbonyl (C=O) groups is 1. The third kappa shape index (κ3) is 5.38. The largest absolute Gasteiger partial charge is 0.357 e. The molecule has 2 rings (SSSR count). The summed E-state index contributed by atoms with van der Waals surface area (Å²) in [4.78, 5) is 19.0. The van der Waals surface area contributed by atoms with Crippen LogP contribution in [0.4, 0.5) is 0 Å². The summed E-state index contributed by atoms with van der Waals surface area (Å²) in [5.41, 5.74) is 0.530. The van der Waals surface area contributed by atoms with Crippen molar-refractivity contribution in [1.82, 2.24) is 15.5 Å². The SMILES string of the molecule is CCNC(=NCCC(=O)NC(C)CC)N1CCC2(CCCCC2)C1. The summed E-state index contributed by atoms with van der Waals surface area (Å²) >= 11 is 0. The minimum Gasteiger partial charge on any atom is -0.357 e. The number of rotatable bonds is 6. The number of amides is 1. The Morgan fingerprint density at radius 1 is 1.21 bits per heavy atom. The summed E-state index contributed by atoms with van der Waals surface area (Å²) < 4.78 is 0. The monoisotopic (exact) mass is 336 g/mol. The van der Waals surface area contributed by atoms with Crippen LogP contribution in [0, 0.1) is 5.41 Å². The van der Waals surface area contributed by atoms with E-state index >= 15 is 0 Å². The molecule has 5 nitrogen and oxygen atoms in total.